The first-order valence-corrected chi connectivity index (χ1v) is 11.3. The Morgan fingerprint density at radius 3 is 2.42 bits per heavy atom. The predicted molar refractivity (Wildman–Crippen MR) is 129 cm³/mol. The van der Waals surface area contributed by atoms with Gasteiger partial charge in [0.1, 0.15) is 0 Å². The van der Waals surface area contributed by atoms with Crippen molar-refractivity contribution in [1.82, 2.24) is 0 Å². The van der Waals surface area contributed by atoms with E-state index in [0.717, 1.165) is 22.2 Å². The Hall–Kier alpha value is -3.30. The van der Waals surface area contributed by atoms with Crippen LogP contribution in [0.5, 0.6) is 0 Å². The summed E-state index contributed by atoms with van der Waals surface area (Å²) in [4.78, 5) is 35.1. The van der Waals surface area contributed by atoms with Crippen LogP contribution in [0.4, 0.5) is 10.1 Å². The van der Waals surface area contributed by atoms with Gasteiger partial charge in [-0.15, -0.1) is 11.8 Å². The van der Waals surface area contributed by atoms with E-state index in [1.54, 1.807) is 6.92 Å². The molecule has 9 heteroatoms. The van der Waals surface area contributed by atoms with Crippen LogP contribution in [0.3, 0.4) is 0 Å². The standard InChI is InChI=1S/C24H17BrFNO5S/c1-14-10-17(5-8-19(14)24(29)30)23(28)22(33-13-15-2-6-18(25)7-3-15)12-16-4-9-20(26)21(11-16)27(31)32/h2-12H,13H2,1H3,(H,29,30)/b22-12+. The van der Waals surface area contributed by atoms with Crippen molar-refractivity contribution in [2.45, 2.75) is 12.7 Å². The Morgan fingerprint density at radius 2 is 1.82 bits per heavy atom. The zero-order valence-corrected chi connectivity index (χ0v) is 19.7. The van der Waals surface area contributed by atoms with Gasteiger partial charge in [0.2, 0.25) is 5.82 Å². The summed E-state index contributed by atoms with van der Waals surface area (Å²) in [6.45, 7) is 1.60. The molecule has 0 aromatic heterocycles. The van der Waals surface area contributed by atoms with Crippen molar-refractivity contribution in [3.63, 3.8) is 0 Å². The number of nitrogens with zero attached hydrogens (tertiary/aromatic N) is 1. The molecule has 0 fully saturated rings. The van der Waals surface area contributed by atoms with E-state index < -0.39 is 22.4 Å². The van der Waals surface area contributed by atoms with Crippen LogP contribution in [-0.4, -0.2) is 21.8 Å². The van der Waals surface area contributed by atoms with Crippen LogP contribution in [0, 0.1) is 22.9 Å². The molecule has 0 saturated carbocycles. The lowest BCUT2D eigenvalue weighted by Gasteiger charge is -2.10. The van der Waals surface area contributed by atoms with Gasteiger partial charge >= 0.3 is 11.7 Å². The molecular formula is C24H17BrFNO5S. The molecule has 0 spiro atoms. The number of carboxylic acid groups (broad SMARTS) is 1. The van der Waals surface area contributed by atoms with Gasteiger partial charge in [-0.2, -0.15) is 4.39 Å². The summed E-state index contributed by atoms with van der Waals surface area (Å²) < 4.78 is 14.7. The Labute approximate surface area is 201 Å². The van der Waals surface area contributed by atoms with Gasteiger partial charge in [0, 0.05) is 21.9 Å². The summed E-state index contributed by atoms with van der Waals surface area (Å²) in [7, 11) is 0. The van der Waals surface area contributed by atoms with Crippen LogP contribution >= 0.6 is 27.7 Å². The Kier molecular flexibility index (Phi) is 7.78. The van der Waals surface area contributed by atoms with E-state index in [9.17, 15) is 29.2 Å². The van der Waals surface area contributed by atoms with E-state index >= 15 is 0 Å². The Balaban J connectivity index is 2.00. The van der Waals surface area contributed by atoms with Gasteiger partial charge in [-0.3, -0.25) is 14.9 Å². The fourth-order valence-corrected chi connectivity index (χ4v) is 4.26. The molecule has 3 aromatic carbocycles. The highest BCUT2D eigenvalue weighted by Gasteiger charge is 2.18. The zero-order valence-electron chi connectivity index (χ0n) is 17.2. The van der Waals surface area contributed by atoms with Crippen LogP contribution in [0.2, 0.25) is 0 Å². The number of rotatable bonds is 8. The third-order valence-electron chi connectivity index (χ3n) is 4.72. The average molecular weight is 530 g/mol. The first kappa shape index (κ1) is 24.3. The molecule has 0 aliphatic rings. The molecule has 0 amide bonds. The van der Waals surface area contributed by atoms with Gasteiger partial charge < -0.3 is 5.11 Å². The number of carboxylic acids is 1. The van der Waals surface area contributed by atoms with Crippen LogP contribution in [0.25, 0.3) is 6.08 Å². The first-order chi connectivity index (χ1) is 15.7. The van der Waals surface area contributed by atoms with Gasteiger partial charge in [-0.05, 0) is 60.0 Å². The topological polar surface area (TPSA) is 97.5 Å². The molecular weight excluding hydrogens is 513 g/mol. The van der Waals surface area contributed by atoms with E-state index in [1.807, 2.05) is 24.3 Å². The molecule has 0 radical (unpaired) electrons. The Bertz CT molecular complexity index is 1270. The van der Waals surface area contributed by atoms with Crippen molar-refractivity contribution < 1.29 is 24.0 Å². The number of thioether (sulfide) groups is 1. The van der Waals surface area contributed by atoms with Crippen molar-refractivity contribution in [2.75, 3.05) is 0 Å². The molecule has 0 bridgehead atoms. The van der Waals surface area contributed by atoms with Crippen molar-refractivity contribution >= 4 is 51.2 Å². The largest absolute Gasteiger partial charge is 0.478 e. The minimum Gasteiger partial charge on any atom is -0.478 e. The smallest absolute Gasteiger partial charge is 0.335 e. The number of halogens is 2. The third-order valence-corrected chi connectivity index (χ3v) is 6.34. The monoisotopic (exact) mass is 529 g/mol. The number of allylic oxidation sites excluding steroid dienone is 1. The summed E-state index contributed by atoms with van der Waals surface area (Å²) in [5.74, 6) is -1.98. The molecule has 0 saturated heterocycles. The molecule has 33 heavy (non-hydrogen) atoms. The number of ketones is 1. The SMILES string of the molecule is Cc1cc(C(=O)/C(=C\c2ccc(F)c([N+](=O)[O-])c2)SCc2ccc(Br)cc2)ccc1C(=O)O. The number of carbonyl (C=O) groups excluding carboxylic acids is 1. The number of hydrogen-bond acceptors (Lipinski definition) is 5. The minimum absolute atomic E-state index is 0.0914. The number of aryl methyl sites for hydroxylation is 1. The van der Waals surface area contributed by atoms with Gasteiger partial charge in [0.05, 0.1) is 15.4 Å². The number of benzene rings is 3. The minimum atomic E-state index is -1.09. The average Bonchev–Trinajstić information content (AvgIpc) is 2.77. The fourth-order valence-electron chi connectivity index (χ4n) is 3.01. The fraction of sp³-hybridized carbons (Fsp3) is 0.0833. The molecule has 6 nitrogen and oxygen atoms in total. The van der Waals surface area contributed by atoms with Gasteiger partial charge in [-0.1, -0.05) is 40.2 Å². The van der Waals surface area contributed by atoms with Crippen molar-refractivity contribution in [3.8, 4) is 0 Å². The van der Waals surface area contributed by atoms with Crippen molar-refractivity contribution in [1.29, 1.82) is 0 Å². The molecule has 0 heterocycles. The molecule has 1 N–H and O–H groups in total. The lowest BCUT2D eigenvalue weighted by Crippen LogP contribution is -2.05. The summed E-state index contributed by atoms with van der Waals surface area (Å²) in [5, 5.41) is 20.3. The van der Waals surface area contributed by atoms with Gasteiger partial charge in [0.25, 0.3) is 0 Å². The Morgan fingerprint density at radius 1 is 1.12 bits per heavy atom. The second-order valence-electron chi connectivity index (χ2n) is 7.06. The summed E-state index contributed by atoms with van der Waals surface area (Å²) in [6, 6.07) is 15.2. The number of aromatic carboxylic acids is 1. The lowest BCUT2D eigenvalue weighted by atomic mass is 10.0. The molecule has 168 valence electrons. The van der Waals surface area contributed by atoms with Crippen molar-refractivity contribution in [3.05, 3.63) is 114 Å². The van der Waals surface area contributed by atoms with Gasteiger partial charge in [0.15, 0.2) is 5.78 Å². The van der Waals surface area contributed by atoms with E-state index in [4.69, 9.17) is 0 Å². The third kappa shape index (κ3) is 6.15. The number of hydrogen-bond donors (Lipinski definition) is 1. The van der Waals surface area contributed by atoms with Crippen LogP contribution < -0.4 is 0 Å². The van der Waals surface area contributed by atoms with Crippen molar-refractivity contribution in [2.24, 2.45) is 0 Å². The van der Waals surface area contributed by atoms with Gasteiger partial charge in [-0.25, -0.2) is 4.79 Å². The quantitative estimate of drug-likeness (QED) is 0.151. The second-order valence-corrected chi connectivity index (χ2v) is 8.99. The zero-order chi connectivity index (χ0) is 24.1. The summed E-state index contributed by atoms with van der Waals surface area (Å²) in [5.41, 5.74) is 1.37. The lowest BCUT2D eigenvalue weighted by molar-refractivity contribution is -0.387. The molecule has 0 aliphatic carbocycles. The molecule has 0 atom stereocenters. The van der Waals surface area contributed by atoms with Crippen LogP contribution in [0.15, 0.2) is 70.0 Å². The maximum atomic E-state index is 13.7. The number of carbonyl (C=O) groups is 2. The number of nitro groups is 1. The number of nitro benzene ring substituents is 1. The van der Waals surface area contributed by atoms with E-state index in [0.29, 0.717) is 16.9 Å². The number of Topliss-reactive ketones (excluding diaryl/α,β-unsaturated/α-hetero) is 1. The van der Waals surface area contributed by atoms with Crippen LogP contribution in [-0.2, 0) is 5.75 Å². The van der Waals surface area contributed by atoms with Crippen LogP contribution in [0.1, 0.15) is 37.4 Å². The molecule has 0 unspecified atom stereocenters. The van der Waals surface area contributed by atoms with E-state index in [-0.39, 0.29) is 21.8 Å². The van der Waals surface area contributed by atoms with E-state index in [2.05, 4.69) is 15.9 Å². The maximum Gasteiger partial charge on any atom is 0.335 e. The highest BCUT2D eigenvalue weighted by molar-refractivity contribution is 9.10. The second kappa shape index (κ2) is 10.5. The first-order valence-electron chi connectivity index (χ1n) is 9.57. The molecule has 3 aromatic rings. The maximum absolute atomic E-state index is 13.7. The highest BCUT2D eigenvalue weighted by Crippen LogP contribution is 2.30. The summed E-state index contributed by atoms with van der Waals surface area (Å²) >= 11 is 4.60. The molecule has 0 aliphatic heterocycles. The summed E-state index contributed by atoms with van der Waals surface area (Å²) in [6.07, 6.45) is 1.47. The predicted octanol–water partition coefficient (Wildman–Crippen LogP) is 6.66. The molecule has 3 rings (SSSR count). The van der Waals surface area contributed by atoms with E-state index in [1.165, 1.54) is 42.1 Å². The highest BCUT2D eigenvalue weighted by atomic mass is 79.9. The normalized spacial score (nSPS) is 11.3.